The molecule has 1 aromatic carbocycles. The molecule has 0 bridgehead atoms. The Morgan fingerprint density at radius 2 is 2.10 bits per heavy atom. The third kappa shape index (κ3) is 4.03. The molecule has 1 aliphatic rings. The van der Waals surface area contributed by atoms with E-state index in [1.807, 2.05) is 18.2 Å². The minimum absolute atomic E-state index is 0.238. The number of rotatable bonds is 7. The maximum Gasteiger partial charge on any atom is 0.236 e. The van der Waals surface area contributed by atoms with Crippen molar-refractivity contribution in [3.8, 4) is 5.75 Å². The molecule has 0 aromatic heterocycles. The van der Waals surface area contributed by atoms with Crippen LogP contribution < -0.4 is 21.1 Å². The first-order valence-corrected chi connectivity index (χ1v) is 7.69. The van der Waals surface area contributed by atoms with E-state index in [0.29, 0.717) is 24.1 Å². The second-order valence-electron chi connectivity index (χ2n) is 5.60. The Morgan fingerprint density at radius 1 is 1.38 bits per heavy atom. The molecule has 0 saturated heterocycles. The van der Waals surface area contributed by atoms with Crippen LogP contribution in [-0.4, -0.2) is 25.1 Å². The molecule has 0 radical (unpaired) electrons. The van der Waals surface area contributed by atoms with Gasteiger partial charge in [-0.2, -0.15) is 0 Å². The maximum absolute atomic E-state index is 11.4. The Morgan fingerprint density at radius 3 is 2.71 bits per heavy atom. The summed E-state index contributed by atoms with van der Waals surface area (Å²) in [5, 5.41) is 0. The molecule has 1 aliphatic carbocycles. The fraction of sp³-hybridized carbons (Fsp3) is 0.562. The number of nitrogens with two attached hydrogens (primary N) is 2. The van der Waals surface area contributed by atoms with Crippen LogP contribution in [0.25, 0.3) is 0 Å². The van der Waals surface area contributed by atoms with Gasteiger partial charge in [-0.05, 0) is 31.4 Å². The highest BCUT2D eigenvalue weighted by molar-refractivity contribution is 5.80. The summed E-state index contributed by atoms with van der Waals surface area (Å²) >= 11 is 0. The van der Waals surface area contributed by atoms with Gasteiger partial charge in [0.25, 0.3) is 0 Å². The molecule has 5 heteroatoms. The number of carbonyl (C=O) groups excluding carboxylic acids is 1. The van der Waals surface area contributed by atoms with Crippen molar-refractivity contribution in [1.29, 1.82) is 0 Å². The van der Waals surface area contributed by atoms with E-state index in [2.05, 4.69) is 11.8 Å². The molecule has 4 N–H and O–H groups in total. The zero-order valence-electron chi connectivity index (χ0n) is 12.7. The van der Waals surface area contributed by atoms with Crippen molar-refractivity contribution >= 4 is 17.3 Å². The van der Waals surface area contributed by atoms with Crippen LogP contribution in [-0.2, 0) is 4.79 Å². The molecule has 1 fully saturated rings. The fourth-order valence-corrected chi connectivity index (χ4v) is 2.85. The SMILES string of the molecule is CCCOc1cc(N(CC(N)=O)C2CCCC2)ccc1N. The minimum atomic E-state index is -0.310. The Bertz CT molecular complexity index is 484. The highest BCUT2D eigenvalue weighted by atomic mass is 16.5. The summed E-state index contributed by atoms with van der Waals surface area (Å²) in [6.07, 6.45) is 5.53. The predicted molar refractivity (Wildman–Crippen MR) is 85.4 cm³/mol. The predicted octanol–water partition coefficient (Wildman–Crippen LogP) is 2.29. The van der Waals surface area contributed by atoms with E-state index in [1.54, 1.807) is 0 Å². The van der Waals surface area contributed by atoms with Crippen molar-refractivity contribution in [1.82, 2.24) is 0 Å². The zero-order chi connectivity index (χ0) is 15.2. The number of carbonyl (C=O) groups is 1. The maximum atomic E-state index is 11.4. The van der Waals surface area contributed by atoms with Crippen LogP contribution in [0, 0.1) is 0 Å². The van der Waals surface area contributed by atoms with Gasteiger partial charge in [0.1, 0.15) is 5.75 Å². The molecule has 5 nitrogen and oxygen atoms in total. The van der Waals surface area contributed by atoms with Gasteiger partial charge in [-0.15, -0.1) is 0 Å². The zero-order valence-corrected chi connectivity index (χ0v) is 12.7. The van der Waals surface area contributed by atoms with Crippen LogP contribution in [0.4, 0.5) is 11.4 Å². The van der Waals surface area contributed by atoms with Gasteiger partial charge in [0, 0.05) is 17.8 Å². The van der Waals surface area contributed by atoms with Gasteiger partial charge in [-0.1, -0.05) is 19.8 Å². The number of benzene rings is 1. The van der Waals surface area contributed by atoms with Gasteiger partial charge in [0.15, 0.2) is 0 Å². The van der Waals surface area contributed by atoms with E-state index >= 15 is 0 Å². The van der Waals surface area contributed by atoms with E-state index in [-0.39, 0.29) is 12.5 Å². The monoisotopic (exact) mass is 291 g/mol. The topological polar surface area (TPSA) is 81.6 Å². The molecule has 0 unspecified atom stereocenters. The summed E-state index contributed by atoms with van der Waals surface area (Å²) < 4.78 is 5.68. The van der Waals surface area contributed by atoms with Crippen LogP contribution in [0.2, 0.25) is 0 Å². The molecular formula is C16H25N3O2. The van der Waals surface area contributed by atoms with Crippen molar-refractivity contribution in [3.05, 3.63) is 18.2 Å². The van der Waals surface area contributed by atoms with Crippen LogP contribution in [0.5, 0.6) is 5.75 Å². The van der Waals surface area contributed by atoms with Crippen LogP contribution in [0.1, 0.15) is 39.0 Å². The number of amides is 1. The fourth-order valence-electron chi connectivity index (χ4n) is 2.85. The molecule has 116 valence electrons. The van der Waals surface area contributed by atoms with E-state index in [4.69, 9.17) is 16.2 Å². The second-order valence-corrected chi connectivity index (χ2v) is 5.60. The number of ether oxygens (including phenoxy) is 1. The third-order valence-corrected chi connectivity index (χ3v) is 3.88. The second kappa shape index (κ2) is 7.20. The molecule has 1 amide bonds. The lowest BCUT2D eigenvalue weighted by molar-refractivity contribution is -0.116. The Labute approximate surface area is 126 Å². The van der Waals surface area contributed by atoms with Gasteiger partial charge in [-0.3, -0.25) is 4.79 Å². The standard InChI is InChI=1S/C16H25N3O2/c1-2-9-21-15-10-13(7-8-14(15)17)19(11-16(18)20)12-5-3-4-6-12/h7-8,10,12H,2-6,9,11,17H2,1H3,(H2,18,20). The molecule has 0 heterocycles. The van der Waals surface area contributed by atoms with Crippen LogP contribution >= 0.6 is 0 Å². The number of nitrogens with zero attached hydrogens (tertiary/aromatic N) is 1. The summed E-state index contributed by atoms with van der Waals surface area (Å²) in [6, 6.07) is 6.07. The van der Waals surface area contributed by atoms with Crippen molar-refractivity contribution < 1.29 is 9.53 Å². The van der Waals surface area contributed by atoms with Gasteiger partial charge >= 0.3 is 0 Å². The van der Waals surface area contributed by atoms with E-state index in [9.17, 15) is 4.79 Å². The summed E-state index contributed by atoms with van der Waals surface area (Å²) in [5.74, 6) is 0.372. The molecular weight excluding hydrogens is 266 g/mol. The Kier molecular flexibility index (Phi) is 5.31. The van der Waals surface area contributed by atoms with Crippen molar-refractivity contribution in [3.63, 3.8) is 0 Å². The number of hydrogen-bond donors (Lipinski definition) is 2. The summed E-state index contributed by atoms with van der Waals surface area (Å²) in [4.78, 5) is 13.5. The van der Waals surface area contributed by atoms with Crippen LogP contribution in [0.3, 0.4) is 0 Å². The quantitative estimate of drug-likeness (QED) is 0.755. The first-order valence-electron chi connectivity index (χ1n) is 7.69. The average molecular weight is 291 g/mol. The molecule has 2 rings (SSSR count). The van der Waals surface area contributed by atoms with Gasteiger partial charge < -0.3 is 21.1 Å². The summed E-state index contributed by atoms with van der Waals surface area (Å²) in [5.41, 5.74) is 12.9. The van der Waals surface area contributed by atoms with Gasteiger partial charge in [0.2, 0.25) is 5.91 Å². The van der Waals surface area contributed by atoms with Crippen molar-refractivity contribution in [2.24, 2.45) is 5.73 Å². The Hall–Kier alpha value is -1.91. The first-order chi connectivity index (χ1) is 10.1. The summed E-state index contributed by atoms with van der Waals surface area (Å²) in [6.45, 7) is 2.92. The summed E-state index contributed by atoms with van der Waals surface area (Å²) in [7, 11) is 0. The highest BCUT2D eigenvalue weighted by Gasteiger charge is 2.24. The van der Waals surface area contributed by atoms with Crippen molar-refractivity contribution in [2.45, 2.75) is 45.1 Å². The molecule has 0 atom stereocenters. The minimum Gasteiger partial charge on any atom is -0.491 e. The Balaban J connectivity index is 2.23. The molecule has 1 aromatic rings. The first kappa shape index (κ1) is 15.5. The van der Waals surface area contributed by atoms with Crippen molar-refractivity contribution in [2.75, 3.05) is 23.8 Å². The molecule has 0 spiro atoms. The van der Waals surface area contributed by atoms with Gasteiger partial charge in [0.05, 0.1) is 18.8 Å². The lowest BCUT2D eigenvalue weighted by Crippen LogP contribution is -2.40. The van der Waals surface area contributed by atoms with E-state index < -0.39 is 0 Å². The molecule has 0 aliphatic heterocycles. The number of anilines is 2. The lowest BCUT2D eigenvalue weighted by Gasteiger charge is -2.30. The lowest BCUT2D eigenvalue weighted by atomic mass is 10.1. The number of hydrogen-bond acceptors (Lipinski definition) is 4. The smallest absolute Gasteiger partial charge is 0.236 e. The van der Waals surface area contributed by atoms with Crippen LogP contribution in [0.15, 0.2) is 18.2 Å². The largest absolute Gasteiger partial charge is 0.491 e. The van der Waals surface area contributed by atoms with E-state index in [0.717, 1.165) is 24.9 Å². The molecule has 1 saturated carbocycles. The highest BCUT2D eigenvalue weighted by Crippen LogP contribution is 2.32. The van der Waals surface area contributed by atoms with Gasteiger partial charge in [-0.25, -0.2) is 0 Å². The third-order valence-electron chi connectivity index (χ3n) is 3.88. The van der Waals surface area contributed by atoms with E-state index in [1.165, 1.54) is 12.8 Å². The molecule has 21 heavy (non-hydrogen) atoms. The normalized spacial score (nSPS) is 15.1. The number of primary amides is 1. The number of nitrogen functional groups attached to an aromatic ring is 1. The average Bonchev–Trinajstić information content (AvgIpc) is 2.98.